The molecule has 0 unspecified atom stereocenters. The molecule has 4 nitrogen and oxygen atoms in total. The van der Waals surface area contributed by atoms with E-state index in [2.05, 4.69) is 5.32 Å². The third kappa shape index (κ3) is 3.20. The van der Waals surface area contributed by atoms with Crippen LogP contribution in [0.5, 0.6) is 0 Å². The first-order valence-corrected chi connectivity index (χ1v) is 6.10. The molecule has 1 amide bonds. The maximum absolute atomic E-state index is 11.1. The van der Waals surface area contributed by atoms with Crippen molar-refractivity contribution in [1.29, 1.82) is 0 Å². The van der Waals surface area contributed by atoms with Crippen LogP contribution in [-0.4, -0.2) is 17.2 Å². The van der Waals surface area contributed by atoms with E-state index in [1.165, 1.54) is 32.1 Å². The van der Waals surface area contributed by atoms with Gasteiger partial charge in [0.05, 0.1) is 0 Å². The average Bonchev–Trinajstić information content (AvgIpc) is 2.40. The van der Waals surface area contributed by atoms with Gasteiger partial charge < -0.3 is 5.32 Å². The van der Waals surface area contributed by atoms with Gasteiger partial charge in [-0.15, -0.1) is 0 Å². The largest absolute Gasteiger partial charge is 0.382 e. The molecule has 0 aliphatic heterocycles. The van der Waals surface area contributed by atoms with E-state index >= 15 is 0 Å². The number of hydrogen-bond acceptors (Lipinski definition) is 3. The zero-order chi connectivity index (χ0) is 12.1. The molecule has 3 N–H and O–H groups in total. The summed E-state index contributed by atoms with van der Waals surface area (Å²) in [5.41, 5.74) is 3.12. The maximum Gasteiger partial charge on any atom is 0.274 e. The van der Waals surface area contributed by atoms with Gasteiger partial charge in [0.15, 0.2) is 0 Å². The molecule has 1 aliphatic carbocycles. The summed E-state index contributed by atoms with van der Waals surface area (Å²) in [5.74, 6) is -0.478. The van der Waals surface area contributed by atoms with E-state index in [9.17, 15) is 4.79 Å². The highest BCUT2D eigenvalue weighted by atomic mass is 16.5. The van der Waals surface area contributed by atoms with Crippen LogP contribution in [0.2, 0.25) is 0 Å². The van der Waals surface area contributed by atoms with Gasteiger partial charge in [-0.1, -0.05) is 19.3 Å². The van der Waals surface area contributed by atoms with Crippen LogP contribution in [0.1, 0.15) is 42.5 Å². The summed E-state index contributed by atoms with van der Waals surface area (Å²) in [7, 11) is 0. The summed E-state index contributed by atoms with van der Waals surface area (Å²) < 4.78 is 0. The number of benzene rings is 1. The predicted molar refractivity (Wildman–Crippen MR) is 66.2 cm³/mol. The molecule has 0 atom stereocenters. The van der Waals surface area contributed by atoms with Crippen molar-refractivity contribution in [2.45, 2.75) is 38.1 Å². The molecule has 0 spiro atoms. The molecule has 0 heterocycles. The van der Waals surface area contributed by atoms with Crippen LogP contribution in [0, 0.1) is 0 Å². The molecular weight excluding hydrogens is 216 g/mol. The van der Waals surface area contributed by atoms with Gasteiger partial charge in [-0.3, -0.25) is 10.0 Å². The number of amides is 1. The zero-order valence-corrected chi connectivity index (χ0v) is 9.78. The van der Waals surface area contributed by atoms with Gasteiger partial charge in [0.1, 0.15) is 0 Å². The van der Waals surface area contributed by atoms with Gasteiger partial charge >= 0.3 is 0 Å². The Morgan fingerprint density at radius 3 is 2.35 bits per heavy atom. The molecule has 1 aliphatic rings. The highest BCUT2D eigenvalue weighted by Crippen LogP contribution is 2.21. The minimum absolute atomic E-state index is 0.460. The highest BCUT2D eigenvalue weighted by molar-refractivity contribution is 5.93. The second-order valence-corrected chi connectivity index (χ2v) is 4.50. The van der Waals surface area contributed by atoms with Crippen LogP contribution in [0.15, 0.2) is 24.3 Å². The molecule has 1 aromatic rings. The number of anilines is 1. The Labute approximate surface area is 101 Å². The van der Waals surface area contributed by atoms with Crippen molar-refractivity contribution in [2.75, 3.05) is 5.32 Å². The van der Waals surface area contributed by atoms with E-state index in [-0.39, 0.29) is 0 Å². The lowest BCUT2D eigenvalue weighted by atomic mass is 9.95. The van der Waals surface area contributed by atoms with Gasteiger partial charge in [-0.2, -0.15) is 0 Å². The quantitative estimate of drug-likeness (QED) is 0.556. The first-order chi connectivity index (χ1) is 8.29. The third-order valence-corrected chi connectivity index (χ3v) is 3.22. The lowest BCUT2D eigenvalue weighted by Crippen LogP contribution is -2.22. The van der Waals surface area contributed by atoms with E-state index in [4.69, 9.17) is 5.21 Å². The van der Waals surface area contributed by atoms with Crippen molar-refractivity contribution in [3.8, 4) is 0 Å². The van der Waals surface area contributed by atoms with Crippen LogP contribution in [0.4, 0.5) is 5.69 Å². The van der Waals surface area contributed by atoms with Crippen molar-refractivity contribution in [3.05, 3.63) is 29.8 Å². The SMILES string of the molecule is O=C(NO)c1ccc(NC2CCCCC2)cc1. The van der Waals surface area contributed by atoms with Gasteiger partial charge in [0.25, 0.3) is 5.91 Å². The molecule has 2 rings (SSSR count). The van der Waals surface area contributed by atoms with Crippen LogP contribution in [0.25, 0.3) is 0 Å². The monoisotopic (exact) mass is 234 g/mol. The first-order valence-electron chi connectivity index (χ1n) is 6.10. The molecule has 4 heteroatoms. The second-order valence-electron chi connectivity index (χ2n) is 4.50. The molecule has 0 radical (unpaired) electrons. The Kier molecular flexibility index (Phi) is 3.98. The van der Waals surface area contributed by atoms with E-state index in [1.54, 1.807) is 17.6 Å². The number of carbonyl (C=O) groups is 1. The van der Waals surface area contributed by atoms with Crippen LogP contribution < -0.4 is 10.8 Å². The summed E-state index contributed by atoms with van der Waals surface area (Å²) in [6, 6.07) is 7.72. The van der Waals surface area contributed by atoms with Crippen molar-refractivity contribution in [3.63, 3.8) is 0 Å². The minimum atomic E-state index is -0.478. The van der Waals surface area contributed by atoms with E-state index in [0.29, 0.717) is 11.6 Å². The molecule has 17 heavy (non-hydrogen) atoms. The Morgan fingerprint density at radius 2 is 1.76 bits per heavy atom. The zero-order valence-electron chi connectivity index (χ0n) is 9.78. The molecular formula is C13H18N2O2. The standard InChI is InChI=1S/C13H18N2O2/c16-13(15-17)10-6-8-12(9-7-10)14-11-4-2-1-3-5-11/h6-9,11,14,17H,1-5H2,(H,15,16). The normalized spacial score (nSPS) is 16.5. The van der Waals surface area contributed by atoms with Crippen LogP contribution in [0.3, 0.4) is 0 Å². The maximum atomic E-state index is 11.1. The van der Waals surface area contributed by atoms with E-state index < -0.39 is 5.91 Å². The van der Waals surface area contributed by atoms with Crippen molar-refractivity contribution in [1.82, 2.24) is 5.48 Å². The van der Waals surface area contributed by atoms with Gasteiger partial charge in [-0.25, -0.2) is 5.48 Å². The van der Waals surface area contributed by atoms with Crippen LogP contribution >= 0.6 is 0 Å². The van der Waals surface area contributed by atoms with Gasteiger partial charge in [-0.05, 0) is 37.1 Å². The topological polar surface area (TPSA) is 61.4 Å². The molecule has 92 valence electrons. The fourth-order valence-corrected chi connectivity index (χ4v) is 2.27. The number of hydroxylamine groups is 1. The summed E-state index contributed by atoms with van der Waals surface area (Å²) in [6.07, 6.45) is 6.37. The number of rotatable bonds is 3. The highest BCUT2D eigenvalue weighted by Gasteiger charge is 2.12. The lowest BCUT2D eigenvalue weighted by Gasteiger charge is -2.23. The second kappa shape index (κ2) is 5.68. The fraction of sp³-hybridized carbons (Fsp3) is 0.462. The minimum Gasteiger partial charge on any atom is -0.382 e. The van der Waals surface area contributed by atoms with Gasteiger partial charge in [0.2, 0.25) is 0 Å². The van der Waals surface area contributed by atoms with Crippen molar-refractivity contribution >= 4 is 11.6 Å². The summed E-state index contributed by atoms with van der Waals surface area (Å²) in [6.45, 7) is 0. The molecule has 1 aromatic carbocycles. The molecule has 0 saturated heterocycles. The van der Waals surface area contributed by atoms with Crippen molar-refractivity contribution < 1.29 is 10.0 Å². The van der Waals surface area contributed by atoms with E-state index in [0.717, 1.165) is 5.69 Å². The summed E-state index contributed by atoms with van der Waals surface area (Å²) >= 11 is 0. The summed E-state index contributed by atoms with van der Waals surface area (Å²) in [4.78, 5) is 11.1. The number of hydrogen-bond donors (Lipinski definition) is 3. The Balaban J connectivity index is 1.95. The third-order valence-electron chi connectivity index (χ3n) is 3.22. The average molecular weight is 234 g/mol. The molecule has 0 bridgehead atoms. The molecule has 1 fully saturated rings. The first kappa shape index (κ1) is 11.9. The Hall–Kier alpha value is -1.55. The van der Waals surface area contributed by atoms with Crippen molar-refractivity contribution in [2.24, 2.45) is 0 Å². The van der Waals surface area contributed by atoms with Crippen LogP contribution in [-0.2, 0) is 0 Å². The van der Waals surface area contributed by atoms with Gasteiger partial charge in [0, 0.05) is 17.3 Å². The number of carbonyl (C=O) groups excluding carboxylic acids is 1. The fourth-order valence-electron chi connectivity index (χ4n) is 2.27. The molecule has 0 aromatic heterocycles. The molecule has 1 saturated carbocycles. The summed E-state index contributed by atoms with van der Waals surface area (Å²) in [5, 5.41) is 12.0. The predicted octanol–water partition coefficient (Wildman–Crippen LogP) is 2.55. The van der Waals surface area contributed by atoms with E-state index in [1.807, 2.05) is 12.1 Å². The smallest absolute Gasteiger partial charge is 0.274 e. The Morgan fingerprint density at radius 1 is 1.12 bits per heavy atom. The Bertz CT molecular complexity index is 370. The lowest BCUT2D eigenvalue weighted by molar-refractivity contribution is 0.0706. The number of nitrogens with one attached hydrogen (secondary N) is 2.